The first kappa shape index (κ1) is 24.7. The zero-order chi connectivity index (χ0) is 25.5. The molecule has 1 heterocycles. The van der Waals surface area contributed by atoms with Crippen molar-refractivity contribution in [2.45, 2.75) is 39.5 Å². The number of fused-ring (bicyclic) bond motifs is 1. The van der Waals surface area contributed by atoms with Gasteiger partial charge in [0.15, 0.2) is 5.78 Å². The lowest BCUT2D eigenvalue weighted by Crippen LogP contribution is -2.15. The number of nitrogens with zero attached hydrogens (tertiary/aromatic N) is 1. The van der Waals surface area contributed by atoms with Gasteiger partial charge in [-0.1, -0.05) is 50.6 Å². The van der Waals surface area contributed by atoms with Crippen LogP contribution in [0.2, 0.25) is 0 Å². The van der Waals surface area contributed by atoms with E-state index in [-0.39, 0.29) is 11.2 Å². The molecule has 0 spiro atoms. The average Bonchev–Trinajstić information content (AvgIpc) is 2.76. The van der Waals surface area contributed by atoms with Crippen LogP contribution in [0, 0.1) is 0 Å². The summed E-state index contributed by atoms with van der Waals surface area (Å²) in [5.41, 5.74) is 6.03. The van der Waals surface area contributed by atoms with Crippen molar-refractivity contribution < 1.29 is 17.9 Å². The SMILES string of the molecule is COc1c(C(C)(C)C)cc(C2=CC=C(C)CC2=O)c2ccc(-c3ccc(NS(C)(=O)=O)cc3)nc12. The Morgan fingerprint density at radius 2 is 1.71 bits per heavy atom. The Morgan fingerprint density at radius 1 is 1.03 bits per heavy atom. The minimum Gasteiger partial charge on any atom is -0.494 e. The lowest BCUT2D eigenvalue weighted by atomic mass is 9.81. The molecule has 35 heavy (non-hydrogen) atoms. The molecule has 0 bridgehead atoms. The molecular formula is C28H30N2O4S. The highest BCUT2D eigenvalue weighted by Gasteiger charge is 2.27. The number of Topliss-reactive ketones (excluding diaryl/α,β-unsaturated/α-hetero) is 1. The molecule has 4 rings (SSSR count). The normalized spacial score (nSPS) is 14.5. The highest BCUT2D eigenvalue weighted by molar-refractivity contribution is 7.92. The summed E-state index contributed by atoms with van der Waals surface area (Å²) in [5, 5.41) is 0.849. The van der Waals surface area contributed by atoms with Crippen molar-refractivity contribution >= 4 is 38.0 Å². The van der Waals surface area contributed by atoms with E-state index in [1.165, 1.54) is 0 Å². The van der Waals surface area contributed by atoms with Crippen LogP contribution in [0.4, 0.5) is 5.69 Å². The highest BCUT2D eigenvalue weighted by Crippen LogP contribution is 2.42. The van der Waals surface area contributed by atoms with E-state index in [0.717, 1.165) is 39.6 Å². The lowest BCUT2D eigenvalue weighted by Gasteiger charge is -2.25. The number of hydrogen-bond acceptors (Lipinski definition) is 5. The molecule has 0 radical (unpaired) electrons. The molecule has 0 aliphatic heterocycles. The number of carbonyl (C=O) groups excluding carboxylic acids is 1. The van der Waals surface area contributed by atoms with Gasteiger partial charge in [0.05, 0.1) is 19.1 Å². The third kappa shape index (κ3) is 5.15. The third-order valence-corrected chi connectivity index (χ3v) is 6.60. The van der Waals surface area contributed by atoms with E-state index in [1.807, 2.05) is 43.3 Å². The van der Waals surface area contributed by atoms with Gasteiger partial charge in [-0.3, -0.25) is 9.52 Å². The Morgan fingerprint density at radius 3 is 2.29 bits per heavy atom. The number of carbonyl (C=O) groups is 1. The summed E-state index contributed by atoms with van der Waals surface area (Å²) in [5.74, 6) is 0.776. The Labute approximate surface area is 206 Å². The zero-order valence-electron chi connectivity index (χ0n) is 20.9. The number of allylic oxidation sites excluding steroid dienone is 4. The largest absolute Gasteiger partial charge is 0.494 e. The maximum absolute atomic E-state index is 13.0. The fourth-order valence-corrected chi connectivity index (χ4v) is 4.87. The molecule has 0 saturated carbocycles. The predicted molar refractivity (Wildman–Crippen MR) is 142 cm³/mol. The fourth-order valence-electron chi connectivity index (χ4n) is 4.30. The third-order valence-electron chi connectivity index (χ3n) is 5.99. The second-order valence-electron chi connectivity index (χ2n) is 9.99. The molecule has 0 atom stereocenters. The minimum atomic E-state index is -3.35. The summed E-state index contributed by atoms with van der Waals surface area (Å²) >= 11 is 0. The summed E-state index contributed by atoms with van der Waals surface area (Å²) in [6.07, 6.45) is 5.42. The van der Waals surface area contributed by atoms with Crippen LogP contribution >= 0.6 is 0 Å². The number of aromatic nitrogens is 1. The van der Waals surface area contributed by atoms with Gasteiger partial charge in [-0.15, -0.1) is 0 Å². The van der Waals surface area contributed by atoms with Crippen LogP contribution in [0.25, 0.3) is 27.7 Å². The second kappa shape index (κ2) is 8.96. The fraction of sp³-hybridized carbons (Fsp3) is 0.286. The molecule has 2 aromatic carbocycles. The molecule has 7 heteroatoms. The van der Waals surface area contributed by atoms with Crippen LogP contribution in [-0.4, -0.2) is 32.6 Å². The van der Waals surface area contributed by atoms with E-state index in [1.54, 1.807) is 19.2 Å². The van der Waals surface area contributed by atoms with Crippen molar-refractivity contribution in [3.8, 4) is 17.0 Å². The van der Waals surface area contributed by atoms with Crippen molar-refractivity contribution in [2.24, 2.45) is 0 Å². The number of pyridine rings is 1. The van der Waals surface area contributed by atoms with Crippen LogP contribution < -0.4 is 9.46 Å². The Hall–Kier alpha value is -3.45. The Balaban J connectivity index is 1.93. The second-order valence-corrected chi connectivity index (χ2v) is 11.7. The number of hydrogen-bond donors (Lipinski definition) is 1. The Bertz CT molecular complexity index is 1490. The van der Waals surface area contributed by atoms with Gasteiger partial charge in [0.1, 0.15) is 11.3 Å². The van der Waals surface area contributed by atoms with Crippen molar-refractivity contribution in [1.82, 2.24) is 4.98 Å². The first-order chi connectivity index (χ1) is 16.4. The first-order valence-electron chi connectivity index (χ1n) is 11.4. The van der Waals surface area contributed by atoms with Gasteiger partial charge >= 0.3 is 0 Å². The topological polar surface area (TPSA) is 85.4 Å². The number of nitrogens with one attached hydrogen (secondary N) is 1. The molecule has 0 unspecified atom stereocenters. The monoisotopic (exact) mass is 490 g/mol. The molecule has 0 amide bonds. The van der Waals surface area contributed by atoms with E-state index >= 15 is 0 Å². The molecule has 1 N–H and O–H groups in total. The van der Waals surface area contributed by atoms with Crippen molar-refractivity contribution in [3.63, 3.8) is 0 Å². The van der Waals surface area contributed by atoms with E-state index in [4.69, 9.17) is 9.72 Å². The molecule has 1 aliphatic carbocycles. The van der Waals surface area contributed by atoms with E-state index in [2.05, 4.69) is 31.6 Å². The molecule has 0 fully saturated rings. The van der Waals surface area contributed by atoms with Gasteiger partial charge in [0.2, 0.25) is 10.0 Å². The van der Waals surface area contributed by atoms with Crippen LogP contribution in [0.3, 0.4) is 0 Å². The lowest BCUT2D eigenvalue weighted by molar-refractivity contribution is -0.113. The quantitative estimate of drug-likeness (QED) is 0.483. The number of anilines is 1. The highest BCUT2D eigenvalue weighted by atomic mass is 32.2. The van der Waals surface area contributed by atoms with E-state index in [0.29, 0.717) is 28.9 Å². The number of methoxy groups -OCH3 is 1. The molecule has 6 nitrogen and oxygen atoms in total. The number of sulfonamides is 1. The van der Waals surface area contributed by atoms with Gasteiger partial charge in [-0.05, 0) is 48.2 Å². The van der Waals surface area contributed by atoms with Gasteiger partial charge in [0.25, 0.3) is 0 Å². The molecule has 0 saturated heterocycles. The van der Waals surface area contributed by atoms with Gasteiger partial charge < -0.3 is 4.74 Å². The molecule has 3 aromatic rings. The number of ether oxygens (including phenoxy) is 1. The van der Waals surface area contributed by atoms with Crippen molar-refractivity contribution in [3.05, 3.63) is 71.3 Å². The summed E-state index contributed by atoms with van der Waals surface area (Å²) in [6, 6.07) is 13.0. The van der Waals surface area contributed by atoms with Crippen molar-refractivity contribution in [2.75, 3.05) is 18.1 Å². The summed E-state index contributed by atoms with van der Waals surface area (Å²) < 4.78 is 31.4. The summed E-state index contributed by atoms with van der Waals surface area (Å²) in [7, 11) is -1.71. The summed E-state index contributed by atoms with van der Waals surface area (Å²) in [4.78, 5) is 17.9. The van der Waals surface area contributed by atoms with Crippen LogP contribution in [0.15, 0.2) is 60.2 Å². The average molecular weight is 491 g/mol. The van der Waals surface area contributed by atoms with Crippen LogP contribution in [0.1, 0.15) is 45.2 Å². The minimum absolute atomic E-state index is 0.0920. The standard InChI is InChI=1S/C28H30N2O4S/c1-17-7-12-20(25(31)15-17)22-16-23(28(2,3)4)27(34-5)26-21(22)13-14-24(29-26)18-8-10-19(11-9-18)30-35(6,32)33/h7-14,16,30H,15H2,1-6H3. The molecule has 1 aliphatic rings. The van der Waals surface area contributed by atoms with E-state index < -0.39 is 10.0 Å². The number of ketones is 1. The van der Waals surface area contributed by atoms with Crippen LogP contribution in [0.5, 0.6) is 5.75 Å². The van der Waals surface area contributed by atoms with Crippen LogP contribution in [-0.2, 0) is 20.2 Å². The summed E-state index contributed by atoms with van der Waals surface area (Å²) in [6.45, 7) is 8.29. The maximum atomic E-state index is 13.0. The maximum Gasteiger partial charge on any atom is 0.229 e. The van der Waals surface area contributed by atoms with Crippen molar-refractivity contribution in [1.29, 1.82) is 0 Å². The van der Waals surface area contributed by atoms with Gasteiger partial charge in [-0.25, -0.2) is 13.4 Å². The van der Waals surface area contributed by atoms with Gasteiger partial charge in [-0.2, -0.15) is 0 Å². The number of rotatable bonds is 5. The van der Waals surface area contributed by atoms with Gasteiger partial charge in [0, 0.05) is 34.2 Å². The molecule has 182 valence electrons. The zero-order valence-corrected chi connectivity index (χ0v) is 21.7. The first-order valence-corrected chi connectivity index (χ1v) is 13.3. The smallest absolute Gasteiger partial charge is 0.229 e. The Kier molecular flexibility index (Phi) is 6.32. The van der Waals surface area contributed by atoms with E-state index in [9.17, 15) is 13.2 Å². The molecular weight excluding hydrogens is 460 g/mol. The predicted octanol–water partition coefficient (Wildman–Crippen LogP) is 5.88. The molecule has 1 aromatic heterocycles. The number of benzene rings is 2.